The van der Waals surface area contributed by atoms with Gasteiger partial charge in [-0.1, -0.05) is 36.4 Å². The molecule has 0 bridgehead atoms. The number of carbonyl (C=O) groups is 1. The zero-order chi connectivity index (χ0) is 19.9. The molecular formula is C21H21N3O2S2. The van der Waals surface area contributed by atoms with Gasteiger partial charge in [-0.2, -0.15) is 11.8 Å². The van der Waals surface area contributed by atoms with Gasteiger partial charge in [0.25, 0.3) is 11.5 Å². The first-order chi connectivity index (χ1) is 13.6. The highest BCUT2D eigenvalue weighted by molar-refractivity contribution is 7.98. The van der Waals surface area contributed by atoms with Crippen LogP contribution in [-0.2, 0) is 12.3 Å². The normalized spacial score (nSPS) is 10.7. The van der Waals surface area contributed by atoms with E-state index in [0.717, 1.165) is 11.5 Å². The number of H-pyrrole nitrogens is 1. The summed E-state index contributed by atoms with van der Waals surface area (Å²) in [6, 6.07) is 15.2. The molecule has 0 aliphatic rings. The average Bonchev–Trinajstić information content (AvgIpc) is 2.71. The van der Waals surface area contributed by atoms with Gasteiger partial charge >= 0.3 is 0 Å². The Morgan fingerprint density at radius 1 is 1.25 bits per heavy atom. The molecule has 144 valence electrons. The molecule has 3 rings (SSSR count). The zero-order valence-electron chi connectivity index (χ0n) is 15.3. The van der Waals surface area contributed by atoms with E-state index in [0.29, 0.717) is 34.3 Å². The summed E-state index contributed by atoms with van der Waals surface area (Å²) in [6.45, 7) is 4.55. The SMILES string of the molecule is C=CCn1c(=S)[nH]c2cc(C(=O)NCCSCc3ccccc3)ccc2c1=O. The van der Waals surface area contributed by atoms with Crippen molar-refractivity contribution in [3.8, 4) is 0 Å². The van der Waals surface area contributed by atoms with Crippen LogP contribution in [0.5, 0.6) is 0 Å². The number of hydrogen-bond donors (Lipinski definition) is 2. The first-order valence-corrected chi connectivity index (χ1v) is 10.4. The lowest BCUT2D eigenvalue weighted by Gasteiger charge is -2.08. The molecule has 3 aromatic rings. The van der Waals surface area contributed by atoms with Crippen LogP contribution in [0.3, 0.4) is 0 Å². The number of allylic oxidation sites excluding steroid dienone is 1. The second kappa shape index (κ2) is 9.52. The first kappa shape index (κ1) is 20.1. The van der Waals surface area contributed by atoms with Crippen molar-refractivity contribution in [1.82, 2.24) is 14.9 Å². The minimum Gasteiger partial charge on any atom is -0.351 e. The topological polar surface area (TPSA) is 66.9 Å². The van der Waals surface area contributed by atoms with Gasteiger partial charge in [0.15, 0.2) is 4.77 Å². The molecule has 2 aromatic carbocycles. The van der Waals surface area contributed by atoms with Crippen LogP contribution in [0.25, 0.3) is 10.9 Å². The maximum absolute atomic E-state index is 12.5. The molecule has 0 aliphatic carbocycles. The molecule has 2 N–H and O–H groups in total. The molecule has 0 radical (unpaired) electrons. The van der Waals surface area contributed by atoms with Crippen LogP contribution >= 0.6 is 24.0 Å². The molecule has 1 amide bonds. The number of carbonyl (C=O) groups excluding carboxylic acids is 1. The summed E-state index contributed by atoms with van der Waals surface area (Å²) in [5.41, 5.74) is 2.13. The van der Waals surface area contributed by atoms with Gasteiger partial charge in [0.1, 0.15) is 0 Å². The van der Waals surface area contributed by atoms with E-state index in [9.17, 15) is 9.59 Å². The molecule has 0 unspecified atom stereocenters. The predicted molar refractivity (Wildman–Crippen MR) is 119 cm³/mol. The maximum Gasteiger partial charge on any atom is 0.262 e. The Morgan fingerprint density at radius 3 is 2.79 bits per heavy atom. The Hall–Kier alpha value is -2.64. The molecule has 0 atom stereocenters. The van der Waals surface area contributed by atoms with Crippen molar-refractivity contribution < 1.29 is 4.79 Å². The summed E-state index contributed by atoms with van der Waals surface area (Å²) >= 11 is 7.01. The standard InChI is InChI=1S/C21H21N3O2S2/c1-2-11-24-20(26)17-9-8-16(13-18(17)23-21(24)27)19(25)22-10-12-28-14-15-6-4-3-5-7-15/h2-9,13H,1,10-12,14H2,(H,22,25)(H,23,27). The van der Waals surface area contributed by atoms with Gasteiger partial charge in [0.2, 0.25) is 0 Å². The first-order valence-electron chi connectivity index (χ1n) is 8.88. The molecule has 0 saturated carbocycles. The van der Waals surface area contributed by atoms with Crippen molar-refractivity contribution in [3.63, 3.8) is 0 Å². The van der Waals surface area contributed by atoms with E-state index < -0.39 is 0 Å². The Labute approximate surface area is 172 Å². The minimum atomic E-state index is -0.192. The van der Waals surface area contributed by atoms with E-state index >= 15 is 0 Å². The summed E-state index contributed by atoms with van der Waals surface area (Å²) in [5, 5.41) is 3.41. The molecule has 28 heavy (non-hydrogen) atoms. The number of aromatic nitrogens is 2. The van der Waals surface area contributed by atoms with Crippen LogP contribution in [0.4, 0.5) is 0 Å². The molecule has 7 heteroatoms. The van der Waals surface area contributed by atoms with Crippen LogP contribution in [0.2, 0.25) is 0 Å². The number of aromatic amines is 1. The lowest BCUT2D eigenvalue weighted by molar-refractivity contribution is 0.0956. The number of nitrogens with one attached hydrogen (secondary N) is 2. The third-order valence-electron chi connectivity index (χ3n) is 4.20. The highest BCUT2D eigenvalue weighted by Gasteiger charge is 2.09. The fourth-order valence-electron chi connectivity index (χ4n) is 2.79. The maximum atomic E-state index is 12.5. The third kappa shape index (κ3) is 4.79. The molecule has 0 fully saturated rings. The van der Waals surface area contributed by atoms with E-state index in [-0.39, 0.29) is 11.5 Å². The number of thioether (sulfide) groups is 1. The van der Waals surface area contributed by atoms with Crippen molar-refractivity contribution >= 4 is 40.8 Å². The number of nitrogens with zero attached hydrogens (tertiary/aromatic N) is 1. The Bertz CT molecular complexity index is 1100. The van der Waals surface area contributed by atoms with Crippen molar-refractivity contribution in [2.75, 3.05) is 12.3 Å². The average molecular weight is 412 g/mol. The second-order valence-electron chi connectivity index (χ2n) is 6.19. The van der Waals surface area contributed by atoms with Crippen LogP contribution in [0.15, 0.2) is 66.0 Å². The third-order valence-corrected chi connectivity index (χ3v) is 5.55. The Kier molecular flexibility index (Phi) is 6.84. The smallest absolute Gasteiger partial charge is 0.262 e. The van der Waals surface area contributed by atoms with Crippen molar-refractivity contribution in [1.29, 1.82) is 0 Å². The van der Waals surface area contributed by atoms with E-state index in [1.54, 1.807) is 36.0 Å². The van der Waals surface area contributed by atoms with Crippen LogP contribution in [0.1, 0.15) is 15.9 Å². The second-order valence-corrected chi connectivity index (χ2v) is 7.68. The Morgan fingerprint density at radius 2 is 2.04 bits per heavy atom. The van der Waals surface area contributed by atoms with Crippen molar-refractivity contribution in [3.05, 3.63) is 87.4 Å². The zero-order valence-corrected chi connectivity index (χ0v) is 16.9. The lowest BCUT2D eigenvalue weighted by Crippen LogP contribution is -2.26. The summed E-state index contributed by atoms with van der Waals surface area (Å²) in [7, 11) is 0. The van der Waals surface area contributed by atoms with E-state index in [1.165, 1.54) is 10.1 Å². The molecule has 1 aromatic heterocycles. The monoisotopic (exact) mass is 411 g/mol. The fraction of sp³-hybridized carbons (Fsp3) is 0.190. The summed E-state index contributed by atoms with van der Waals surface area (Å²) < 4.78 is 1.75. The van der Waals surface area contributed by atoms with E-state index in [4.69, 9.17) is 12.2 Å². The quantitative estimate of drug-likeness (QED) is 0.335. The molecule has 1 heterocycles. The number of rotatable bonds is 8. The Balaban J connectivity index is 1.62. The lowest BCUT2D eigenvalue weighted by atomic mass is 10.1. The number of fused-ring (bicyclic) bond motifs is 1. The van der Waals surface area contributed by atoms with Gasteiger partial charge in [0.05, 0.1) is 10.9 Å². The van der Waals surface area contributed by atoms with Gasteiger partial charge in [-0.15, -0.1) is 6.58 Å². The summed E-state index contributed by atoms with van der Waals surface area (Å²) in [4.78, 5) is 27.9. The van der Waals surface area contributed by atoms with Crippen LogP contribution in [0, 0.1) is 4.77 Å². The summed E-state index contributed by atoms with van der Waals surface area (Å²) in [5.74, 6) is 1.57. The van der Waals surface area contributed by atoms with E-state index in [2.05, 4.69) is 29.0 Å². The van der Waals surface area contributed by atoms with E-state index in [1.807, 2.05) is 18.2 Å². The van der Waals surface area contributed by atoms with Crippen LogP contribution in [-0.4, -0.2) is 27.8 Å². The van der Waals surface area contributed by atoms with Crippen molar-refractivity contribution in [2.24, 2.45) is 0 Å². The van der Waals surface area contributed by atoms with Gasteiger partial charge < -0.3 is 10.3 Å². The van der Waals surface area contributed by atoms with Crippen LogP contribution < -0.4 is 10.9 Å². The van der Waals surface area contributed by atoms with Gasteiger partial charge in [-0.25, -0.2) is 0 Å². The largest absolute Gasteiger partial charge is 0.351 e. The molecule has 0 aliphatic heterocycles. The highest BCUT2D eigenvalue weighted by atomic mass is 32.2. The van der Waals surface area contributed by atoms with Gasteiger partial charge in [0, 0.05) is 30.2 Å². The number of hydrogen-bond acceptors (Lipinski definition) is 4. The fourth-order valence-corrected chi connectivity index (χ4v) is 3.88. The molecule has 0 spiro atoms. The number of amides is 1. The number of benzene rings is 2. The molecule has 5 nitrogen and oxygen atoms in total. The molecular weight excluding hydrogens is 390 g/mol. The highest BCUT2D eigenvalue weighted by Crippen LogP contribution is 2.12. The van der Waals surface area contributed by atoms with Gasteiger partial charge in [-0.3, -0.25) is 14.2 Å². The summed E-state index contributed by atoms with van der Waals surface area (Å²) in [6.07, 6.45) is 1.62. The molecule has 0 saturated heterocycles. The van der Waals surface area contributed by atoms with Gasteiger partial charge in [-0.05, 0) is 36.0 Å². The van der Waals surface area contributed by atoms with Crippen molar-refractivity contribution in [2.45, 2.75) is 12.3 Å². The predicted octanol–water partition coefficient (Wildman–Crippen LogP) is 3.91. The minimum absolute atomic E-state index is 0.170.